The van der Waals surface area contributed by atoms with E-state index in [9.17, 15) is 40.3 Å². The van der Waals surface area contributed by atoms with E-state index in [2.05, 4.69) is 0 Å². The fraction of sp³-hybridized carbons (Fsp3) is 0.478. The summed E-state index contributed by atoms with van der Waals surface area (Å²) in [4.78, 5) is 26.2. The quantitative estimate of drug-likeness (QED) is 0.470. The molecule has 0 radical (unpaired) electrons. The first-order valence-electron chi connectivity index (χ1n) is 11.0. The summed E-state index contributed by atoms with van der Waals surface area (Å²) >= 11 is 0. The Kier molecular flexibility index (Phi) is 8.40. The van der Waals surface area contributed by atoms with Gasteiger partial charge in [0.05, 0.1) is 13.7 Å². The zero-order valence-corrected chi connectivity index (χ0v) is 19.5. The number of hydrogen-bond donors (Lipinski definition) is 0. The second kappa shape index (κ2) is 11.0. The van der Waals surface area contributed by atoms with Crippen LogP contribution in [0.4, 0.5) is 30.7 Å². The van der Waals surface area contributed by atoms with Crippen molar-refractivity contribution < 1.29 is 49.4 Å². The Balaban J connectivity index is 1.59. The molecule has 1 aliphatic rings. The Morgan fingerprint density at radius 1 is 1.03 bits per heavy atom. The van der Waals surface area contributed by atoms with Crippen molar-refractivity contribution >= 4 is 5.91 Å². The van der Waals surface area contributed by atoms with Gasteiger partial charge in [0.25, 0.3) is 5.91 Å². The smallest absolute Gasteiger partial charge is 0.460 e. The highest BCUT2D eigenvalue weighted by Gasteiger charge is 2.76. The molecule has 1 aliphatic heterocycles. The molecule has 2 aromatic rings. The van der Waals surface area contributed by atoms with Crippen LogP contribution in [-0.2, 0) is 17.9 Å². The number of hydrogen-bond acceptors (Lipinski definition) is 6. The van der Waals surface area contributed by atoms with E-state index in [-0.39, 0.29) is 49.1 Å². The maximum Gasteiger partial charge on any atom is 0.460 e. The van der Waals surface area contributed by atoms with Crippen molar-refractivity contribution in [2.24, 2.45) is 0 Å². The molecule has 37 heavy (non-hydrogen) atoms. The standard InChI is InChI=1S/C23H23F7N2O5/c1-35-16-5-2-4-15(10-16)13-37-19-14-36-17(11-18(19)33)12-31-6-3-7-32(9-8-31)20(34)21(24,25)22(26,27)23(28,29)30/h2,4-5,10-11,14H,3,6-9,12-13H2,1H3. The van der Waals surface area contributed by atoms with E-state index < -0.39 is 42.4 Å². The maximum absolute atomic E-state index is 13.8. The number of rotatable bonds is 8. The van der Waals surface area contributed by atoms with E-state index in [1.54, 1.807) is 29.2 Å². The normalized spacial score (nSPS) is 15.8. The fourth-order valence-corrected chi connectivity index (χ4v) is 3.61. The second-order valence-electron chi connectivity index (χ2n) is 8.28. The van der Waals surface area contributed by atoms with Crippen molar-refractivity contribution in [3.63, 3.8) is 0 Å². The number of carbonyl (C=O) groups excluding carboxylic acids is 1. The van der Waals surface area contributed by atoms with Gasteiger partial charge in [0.15, 0.2) is 0 Å². The van der Waals surface area contributed by atoms with E-state index in [1.165, 1.54) is 7.11 Å². The molecule has 7 nitrogen and oxygen atoms in total. The van der Waals surface area contributed by atoms with Crippen molar-refractivity contribution in [2.75, 3.05) is 33.3 Å². The molecule has 14 heteroatoms. The number of amides is 1. The number of benzene rings is 1. The molecule has 3 rings (SSSR count). The van der Waals surface area contributed by atoms with E-state index in [1.807, 2.05) is 0 Å². The van der Waals surface area contributed by atoms with Crippen LogP contribution in [0.25, 0.3) is 0 Å². The third-order valence-corrected chi connectivity index (χ3v) is 5.65. The highest BCUT2D eigenvalue weighted by atomic mass is 19.4. The first-order valence-corrected chi connectivity index (χ1v) is 11.0. The van der Waals surface area contributed by atoms with Gasteiger partial charge in [0.2, 0.25) is 11.2 Å². The number of carbonyl (C=O) groups is 1. The van der Waals surface area contributed by atoms with Crippen LogP contribution in [0.1, 0.15) is 17.7 Å². The van der Waals surface area contributed by atoms with Crippen molar-refractivity contribution in [2.45, 2.75) is 37.6 Å². The molecule has 0 N–H and O–H groups in total. The SMILES string of the molecule is COc1cccc(COc2coc(CN3CCCN(C(=O)C(F)(F)C(F)(F)C(F)(F)F)CC3)cc2=O)c1. The van der Waals surface area contributed by atoms with Gasteiger partial charge in [-0.3, -0.25) is 14.5 Å². The lowest BCUT2D eigenvalue weighted by molar-refractivity contribution is -0.345. The van der Waals surface area contributed by atoms with Gasteiger partial charge < -0.3 is 18.8 Å². The van der Waals surface area contributed by atoms with Crippen molar-refractivity contribution in [3.8, 4) is 11.5 Å². The van der Waals surface area contributed by atoms with Crippen LogP contribution in [-0.4, -0.2) is 67.0 Å². The topological polar surface area (TPSA) is 72.2 Å². The van der Waals surface area contributed by atoms with Crippen LogP contribution in [0.5, 0.6) is 11.5 Å². The first-order chi connectivity index (χ1) is 17.3. The Bertz CT molecular complexity index is 1150. The van der Waals surface area contributed by atoms with E-state index in [0.29, 0.717) is 5.75 Å². The van der Waals surface area contributed by atoms with E-state index in [4.69, 9.17) is 13.9 Å². The summed E-state index contributed by atoms with van der Waals surface area (Å²) in [6, 6.07) is 8.15. The molecule has 1 aromatic heterocycles. The molecule has 1 amide bonds. The van der Waals surface area contributed by atoms with E-state index >= 15 is 0 Å². The van der Waals surface area contributed by atoms with Crippen LogP contribution in [0, 0.1) is 0 Å². The minimum atomic E-state index is -6.59. The lowest BCUT2D eigenvalue weighted by atomic mass is 10.1. The van der Waals surface area contributed by atoms with Crippen molar-refractivity contribution in [1.82, 2.24) is 9.80 Å². The molecule has 0 atom stereocenters. The highest BCUT2D eigenvalue weighted by Crippen LogP contribution is 2.47. The average Bonchev–Trinajstić information content (AvgIpc) is 3.07. The molecular weight excluding hydrogens is 517 g/mol. The zero-order valence-electron chi connectivity index (χ0n) is 19.5. The predicted molar refractivity (Wildman–Crippen MR) is 115 cm³/mol. The summed E-state index contributed by atoms with van der Waals surface area (Å²) in [6.07, 6.45) is -5.47. The molecule has 0 bridgehead atoms. The van der Waals surface area contributed by atoms with Gasteiger partial charge in [-0.2, -0.15) is 30.7 Å². The second-order valence-corrected chi connectivity index (χ2v) is 8.28. The molecule has 204 valence electrons. The van der Waals surface area contributed by atoms with Gasteiger partial charge in [-0.15, -0.1) is 0 Å². The Morgan fingerprint density at radius 2 is 1.76 bits per heavy atom. The average molecular weight is 540 g/mol. The van der Waals surface area contributed by atoms with Crippen LogP contribution in [0.3, 0.4) is 0 Å². The predicted octanol–water partition coefficient (Wildman–Crippen LogP) is 4.09. The van der Waals surface area contributed by atoms with Crippen LogP contribution < -0.4 is 14.9 Å². The zero-order chi connectivity index (χ0) is 27.4. The maximum atomic E-state index is 13.8. The lowest BCUT2D eigenvalue weighted by Crippen LogP contribution is -2.60. The summed E-state index contributed by atoms with van der Waals surface area (Å²) in [5.41, 5.74) is 0.245. The minimum absolute atomic E-state index is 0.00252. The number of methoxy groups -OCH3 is 1. The van der Waals surface area contributed by atoms with Gasteiger partial charge in [-0.1, -0.05) is 12.1 Å². The Hall–Kier alpha value is -3.29. The van der Waals surface area contributed by atoms with Crippen LogP contribution >= 0.6 is 0 Å². The van der Waals surface area contributed by atoms with Crippen molar-refractivity contribution in [1.29, 1.82) is 0 Å². The molecule has 1 aromatic carbocycles. The van der Waals surface area contributed by atoms with Gasteiger partial charge >= 0.3 is 18.0 Å². The summed E-state index contributed by atoms with van der Waals surface area (Å²) < 4.78 is 107. The van der Waals surface area contributed by atoms with Crippen LogP contribution in [0.2, 0.25) is 0 Å². The Labute approximate surface area is 206 Å². The highest BCUT2D eigenvalue weighted by molar-refractivity contribution is 5.85. The molecule has 0 aliphatic carbocycles. The van der Waals surface area contributed by atoms with Gasteiger partial charge in [0.1, 0.15) is 24.4 Å². The molecule has 2 heterocycles. The summed E-state index contributed by atoms with van der Waals surface area (Å²) in [5.74, 6) is -14.3. The Morgan fingerprint density at radius 3 is 2.41 bits per heavy atom. The molecule has 0 unspecified atom stereocenters. The number of alkyl halides is 7. The molecule has 1 fully saturated rings. The molecule has 0 spiro atoms. The third-order valence-electron chi connectivity index (χ3n) is 5.65. The number of nitrogens with zero attached hydrogens (tertiary/aromatic N) is 2. The van der Waals surface area contributed by atoms with Gasteiger partial charge in [-0.05, 0) is 24.1 Å². The lowest BCUT2D eigenvalue weighted by Gasteiger charge is -2.31. The third kappa shape index (κ3) is 6.35. The molecule has 0 saturated carbocycles. The molecular formula is C23H23F7N2O5. The summed E-state index contributed by atoms with van der Waals surface area (Å²) in [5, 5.41) is 0. The van der Waals surface area contributed by atoms with Gasteiger partial charge in [0, 0.05) is 32.2 Å². The monoisotopic (exact) mass is 540 g/mol. The summed E-state index contributed by atoms with van der Waals surface area (Å²) in [6.45, 7) is -0.841. The molecule has 1 saturated heterocycles. The van der Waals surface area contributed by atoms with Gasteiger partial charge in [-0.25, -0.2) is 0 Å². The number of halogens is 7. The van der Waals surface area contributed by atoms with Crippen molar-refractivity contribution in [3.05, 3.63) is 58.1 Å². The largest absolute Gasteiger partial charge is 0.497 e. The fourth-order valence-electron chi connectivity index (χ4n) is 3.61. The summed E-state index contributed by atoms with van der Waals surface area (Å²) in [7, 11) is 1.51. The van der Waals surface area contributed by atoms with E-state index in [0.717, 1.165) is 17.9 Å². The number of ether oxygens (including phenoxy) is 2. The first kappa shape index (κ1) is 28.3. The van der Waals surface area contributed by atoms with Crippen LogP contribution in [0.15, 0.2) is 45.8 Å². The minimum Gasteiger partial charge on any atom is -0.497 e.